The molecular weight excluding hydrogens is 560 g/mol. The van der Waals surface area contributed by atoms with Gasteiger partial charge in [0.15, 0.2) is 5.43 Å². The zero-order valence-corrected chi connectivity index (χ0v) is 23.8. The van der Waals surface area contributed by atoms with E-state index in [1.165, 1.54) is 12.4 Å². The first-order valence-electron chi connectivity index (χ1n) is 14.0. The SMILES string of the molecule is CN1CC[C@H](c2c(O)cc(O)c3c(=O)cc(-c4ccccc4Cl)oc23)[C@H](OC(=O)C2CCN(c3cncnc3)CC2)C1. The number of fused-ring (bicyclic) bond motifs is 1. The molecule has 2 aromatic carbocycles. The molecule has 0 spiro atoms. The van der Waals surface area contributed by atoms with Crippen LogP contribution in [0, 0.1) is 5.92 Å². The molecule has 6 rings (SSSR count). The Labute approximate surface area is 247 Å². The maximum atomic E-state index is 13.5. The number of esters is 1. The van der Waals surface area contributed by atoms with Gasteiger partial charge in [-0.3, -0.25) is 9.59 Å². The fourth-order valence-corrected chi connectivity index (χ4v) is 6.30. The van der Waals surface area contributed by atoms with Crippen molar-refractivity contribution in [2.45, 2.75) is 31.3 Å². The van der Waals surface area contributed by atoms with Gasteiger partial charge in [-0.15, -0.1) is 0 Å². The van der Waals surface area contributed by atoms with Crippen LogP contribution in [0.15, 0.2) is 64.3 Å². The zero-order valence-electron chi connectivity index (χ0n) is 23.1. The zero-order chi connectivity index (χ0) is 29.4. The van der Waals surface area contributed by atoms with Crippen molar-refractivity contribution in [2.75, 3.05) is 38.1 Å². The number of nitrogens with zero attached hydrogens (tertiary/aromatic N) is 4. The predicted octanol–water partition coefficient (Wildman–Crippen LogP) is 4.56. The van der Waals surface area contributed by atoms with Crippen LogP contribution in [-0.2, 0) is 9.53 Å². The number of phenolic OH excluding ortho intramolecular Hbond substituents is 2. The summed E-state index contributed by atoms with van der Waals surface area (Å²) < 4.78 is 12.4. The Morgan fingerprint density at radius 2 is 1.79 bits per heavy atom. The summed E-state index contributed by atoms with van der Waals surface area (Å²) in [4.78, 5) is 39.1. The number of anilines is 1. The van der Waals surface area contributed by atoms with E-state index in [-0.39, 0.29) is 40.1 Å². The quantitative estimate of drug-likeness (QED) is 0.319. The summed E-state index contributed by atoms with van der Waals surface area (Å²) in [5, 5.41) is 22.1. The summed E-state index contributed by atoms with van der Waals surface area (Å²) in [7, 11) is 1.95. The Bertz CT molecular complexity index is 1670. The van der Waals surface area contributed by atoms with Crippen LogP contribution < -0.4 is 10.3 Å². The lowest BCUT2D eigenvalue weighted by Crippen LogP contribution is -2.45. The molecule has 42 heavy (non-hydrogen) atoms. The van der Waals surface area contributed by atoms with Crippen LogP contribution in [0.25, 0.3) is 22.3 Å². The lowest BCUT2D eigenvalue weighted by Gasteiger charge is -2.38. The lowest BCUT2D eigenvalue weighted by atomic mass is 9.85. The average Bonchev–Trinajstić information content (AvgIpc) is 2.98. The van der Waals surface area contributed by atoms with Gasteiger partial charge in [-0.2, -0.15) is 0 Å². The van der Waals surface area contributed by atoms with Gasteiger partial charge in [0, 0.05) is 48.8 Å². The van der Waals surface area contributed by atoms with E-state index in [2.05, 4.69) is 19.8 Å². The number of likely N-dealkylation sites (tertiary alicyclic amines) is 1. The standard InChI is InChI=1S/C31H31ClN4O6/c1-35-9-8-21(27(16-35)42-31(40)18-6-10-36(11-7-18)19-14-33-17-34-15-19)28-23(37)12-24(38)29-25(39)13-26(41-30(28)29)20-4-2-3-5-22(20)32/h2-5,12-15,17-18,21,27,37-38H,6-11,16H2,1H3/t21-,27+/m0/s1. The smallest absolute Gasteiger partial charge is 0.309 e. The van der Waals surface area contributed by atoms with Crippen molar-refractivity contribution in [3.05, 3.63) is 75.9 Å². The molecule has 10 nitrogen and oxygen atoms in total. The van der Waals surface area contributed by atoms with E-state index in [0.717, 1.165) is 11.8 Å². The molecule has 2 aliphatic rings. The van der Waals surface area contributed by atoms with Gasteiger partial charge in [0.1, 0.15) is 40.7 Å². The molecule has 4 aromatic rings. The van der Waals surface area contributed by atoms with E-state index in [0.29, 0.717) is 61.6 Å². The van der Waals surface area contributed by atoms with Gasteiger partial charge in [0.05, 0.1) is 29.0 Å². The molecule has 0 amide bonds. The molecule has 2 atom stereocenters. The normalized spacial score (nSPS) is 20.1. The Balaban J connectivity index is 1.31. The summed E-state index contributed by atoms with van der Waals surface area (Å²) in [5.41, 5.74) is 1.35. The number of aromatic nitrogens is 2. The van der Waals surface area contributed by atoms with Crippen molar-refractivity contribution in [1.29, 1.82) is 0 Å². The van der Waals surface area contributed by atoms with Crippen LogP contribution >= 0.6 is 11.6 Å². The van der Waals surface area contributed by atoms with Crippen LogP contribution in [0.5, 0.6) is 11.5 Å². The average molecular weight is 591 g/mol. The number of halogens is 1. The number of ether oxygens (including phenoxy) is 1. The van der Waals surface area contributed by atoms with E-state index >= 15 is 0 Å². The minimum absolute atomic E-state index is 0.0418. The van der Waals surface area contributed by atoms with Crippen LogP contribution in [0.4, 0.5) is 5.69 Å². The molecule has 0 aliphatic carbocycles. The number of phenols is 2. The number of aromatic hydroxyl groups is 2. The number of hydrogen-bond donors (Lipinski definition) is 2. The summed E-state index contributed by atoms with van der Waals surface area (Å²) in [6.45, 7) is 2.47. The molecule has 2 fully saturated rings. The minimum atomic E-state index is -0.607. The largest absolute Gasteiger partial charge is 0.507 e. The van der Waals surface area contributed by atoms with Crippen LogP contribution in [-0.4, -0.2) is 70.4 Å². The first kappa shape index (κ1) is 28.0. The topological polar surface area (TPSA) is 129 Å². The van der Waals surface area contributed by atoms with Crippen molar-refractivity contribution >= 4 is 34.2 Å². The molecule has 0 unspecified atom stereocenters. The fourth-order valence-electron chi connectivity index (χ4n) is 6.07. The molecule has 11 heteroatoms. The van der Waals surface area contributed by atoms with Crippen LogP contribution in [0.1, 0.15) is 30.7 Å². The third-order valence-corrected chi connectivity index (χ3v) is 8.61. The second-order valence-corrected chi connectivity index (χ2v) is 11.4. The molecular formula is C31H31ClN4O6. The Morgan fingerprint density at radius 1 is 1.05 bits per heavy atom. The predicted molar refractivity (Wildman–Crippen MR) is 158 cm³/mol. The maximum absolute atomic E-state index is 13.5. The molecule has 2 N–H and O–H groups in total. The van der Waals surface area contributed by atoms with E-state index in [1.54, 1.807) is 36.7 Å². The Morgan fingerprint density at radius 3 is 2.52 bits per heavy atom. The van der Waals surface area contributed by atoms with Crippen molar-refractivity contribution < 1.29 is 24.2 Å². The van der Waals surface area contributed by atoms with Crippen molar-refractivity contribution in [3.63, 3.8) is 0 Å². The third kappa shape index (κ3) is 5.39. The number of carbonyl (C=O) groups excluding carboxylic acids is 1. The highest BCUT2D eigenvalue weighted by Crippen LogP contribution is 2.44. The Hall–Kier alpha value is -4.15. The second-order valence-electron chi connectivity index (χ2n) is 11.0. The van der Waals surface area contributed by atoms with E-state index in [4.69, 9.17) is 20.8 Å². The molecule has 0 bridgehead atoms. The maximum Gasteiger partial charge on any atom is 0.309 e. The van der Waals surface area contributed by atoms with Crippen molar-refractivity contribution in [2.24, 2.45) is 5.92 Å². The highest BCUT2D eigenvalue weighted by molar-refractivity contribution is 6.33. The van der Waals surface area contributed by atoms with E-state index in [1.807, 2.05) is 7.05 Å². The Kier molecular flexibility index (Phi) is 7.74. The van der Waals surface area contributed by atoms with Crippen molar-refractivity contribution in [1.82, 2.24) is 14.9 Å². The lowest BCUT2D eigenvalue weighted by molar-refractivity contribution is -0.158. The monoisotopic (exact) mass is 590 g/mol. The number of hydrogen-bond acceptors (Lipinski definition) is 10. The van der Waals surface area contributed by atoms with E-state index < -0.39 is 17.5 Å². The summed E-state index contributed by atoms with van der Waals surface area (Å²) in [5.74, 6) is -1.43. The van der Waals surface area contributed by atoms with Gasteiger partial charge in [-0.25, -0.2) is 9.97 Å². The third-order valence-electron chi connectivity index (χ3n) is 8.28. The molecule has 2 aromatic heterocycles. The van der Waals surface area contributed by atoms with Gasteiger partial charge in [-0.05, 0) is 45.0 Å². The summed E-state index contributed by atoms with van der Waals surface area (Å²) in [6.07, 6.45) is 6.20. The van der Waals surface area contributed by atoms with Gasteiger partial charge < -0.3 is 29.2 Å². The highest BCUT2D eigenvalue weighted by atomic mass is 35.5. The number of rotatable bonds is 5. The molecule has 0 radical (unpaired) electrons. The van der Waals surface area contributed by atoms with Crippen LogP contribution in [0.3, 0.4) is 0 Å². The molecule has 0 saturated carbocycles. The highest BCUT2D eigenvalue weighted by Gasteiger charge is 2.38. The molecule has 218 valence electrons. The summed E-state index contributed by atoms with van der Waals surface area (Å²) in [6, 6.07) is 9.40. The van der Waals surface area contributed by atoms with Gasteiger partial charge in [-0.1, -0.05) is 23.7 Å². The molecule has 4 heterocycles. The summed E-state index contributed by atoms with van der Waals surface area (Å²) >= 11 is 6.39. The van der Waals surface area contributed by atoms with E-state index in [9.17, 15) is 19.8 Å². The van der Waals surface area contributed by atoms with Gasteiger partial charge in [0.25, 0.3) is 0 Å². The molecule has 2 aliphatic heterocycles. The fraction of sp³-hybridized carbons (Fsp3) is 0.355. The molecule has 2 saturated heterocycles. The first-order chi connectivity index (χ1) is 20.3. The van der Waals surface area contributed by atoms with Crippen LogP contribution in [0.2, 0.25) is 5.02 Å². The minimum Gasteiger partial charge on any atom is -0.507 e. The number of carbonyl (C=O) groups is 1. The number of benzene rings is 2. The number of likely N-dealkylation sites (N-methyl/N-ethyl adjacent to an activating group) is 1. The van der Waals surface area contributed by atoms with Gasteiger partial charge >= 0.3 is 5.97 Å². The number of piperidine rings is 2. The first-order valence-corrected chi connectivity index (χ1v) is 14.3. The van der Waals surface area contributed by atoms with Gasteiger partial charge in [0.2, 0.25) is 0 Å². The second kappa shape index (κ2) is 11.6. The van der Waals surface area contributed by atoms with Crippen molar-refractivity contribution in [3.8, 4) is 22.8 Å².